The third-order valence-electron chi connectivity index (χ3n) is 7.44. The summed E-state index contributed by atoms with van der Waals surface area (Å²) < 4.78 is 5.85. The molecule has 5 rings (SSSR count). The van der Waals surface area contributed by atoms with Gasteiger partial charge in [0.25, 0.3) is 0 Å². The second-order valence-corrected chi connectivity index (χ2v) is 10.7. The Labute approximate surface area is 213 Å². The van der Waals surface area contributed by atoms with Crippen LogP contribution in [0.2, 0.25) is 5.02 Å². The Hall–Kier alpha value is -2.28. The molecule has 6 nitrogen and oxygen atoms in total. The maximum Gasteiger partial charge on any atom is 0.225 e. The Bertz CT molecular complexity index is 1020. The van der Waals surface area contributed by atoms with Crippen LogP contribution in [0.1, 0.15) is 49.3 Å². The molecule has 1 aliphatic carbocycles. The van der Waals surface area contributed by atoms with Crippen molar-refractivity contribution in [2.45, 2.75) is 57.3 Å². The third-order valence-corrected chi connectivity index (χ3v) is 7.73. The van der Waals surface area contributed by atoms with Gasteiger partial charge in [-0.15, -0.1) is 0 Å². The molecule has 1 saturated carbocycles. The topological polar surface area (TPSA) is 65.0 Å². The summed E-state index contributed by atoms with van der Waals surface area (Å²) in [4.78, 5) is 17.9. The van der Waals surface area contributed by atoms with E-state index in [9.17, 15) is 9.90 Å². The second-order valence-electron chi connectivity index (χ2n) is 10.3. The predicted octanol–water partition coefficient (Wildman–Crippen LogP) is 4.33. The van der Waals surface area contributed by atoms with Gasteiger partial charge in [0.15, 0.2) is 0 Å². The van der Waals surface area contributed by atoms with Gasteiger partial charge in [-0.1, -0.05) is 35.4 Å². The van der Waals surface area contributed by atoms with Crippen molar-refractivity contribution in [1.82, 2.24) is 10.2 Å². The van der Waals surface area contributed by atoms with Gasteiger partial charge in [-0.25, -0.2) is 0 Å². The lowest BCUT2D eigenvalue weighted by Crippen LogP contribution is -2.48. The molecule has 1 unspecified atom stereocenters. The normalized spacial score (nSPS) is 22.3. The molecule has 7 heteroatoms. The van der Waals surface area contributed by atoms with E-state index in [2.05, 4.69) is 46.3 Å². The first kappa shape index (κ1) is 24.4. The van der Waals surface area contributed by atoms with Crippen molar-refractivity contribution in [2.24, 2.45) is 5.92 Å². The summed E-state index contributed by atoms with van der Waals surface area (Å²) in [6.07, 6.45) is 4.66. The zero-order valence-electron chi connectivity index (χ0n) is 20.5. The Morgan fingerprint density at radius 3 is 2.54 bits per heavy atom. The van der Waals surface area contributed by atoms with Crippen LogP contribution in [0.4, 0.5) is 5.69 Å². The van der Waals surface area contributed by atoms with Crippen LogP contribution >= 0.6 is 11.6 Å². The Kier molecular flexibility index (Phi) is 7.51. The number of benzene rings is 2. The SMILES string of the molecule is Cc1ccc(N2CCC(C(=O)N[C@H](CN3CCCC3)[C@H](O)c3ccc(OC4CC4)c(Cl)c3)C2)cc1. The molecule has 0 aromatic heterocycles. The number of aliphatic hydroxyl groups is 1. The standard InChI is InChI=1S/C28H36ClN3O3/c1-19-4-7-22(8-5-19)32-15-12-21(17-32)28(34)30-25(18-31-13-2-3-14-31)27(33)20-6-11-26(24(29)16-20)35-23-9-10-23/h4-8,11,16,21,23,25,27,33H,2-3,9-10,12-15,17-18H2,1H3,(H,30,34)/t21?,25-,27-/m1/s1. The lowest BCUT2D eigenvalue weighted by atomic mass is 10.00. The molecule has 2 saturated heterocycles. The second kappa shape index (κ2) is 10.8. The van der Waals surface area contributed by atoms with Gasteiger partial charge in [0.2, 0.25) is 5.91 Å². The summed E-state index contributed by atoms with van der Waals surface area (Å²) in [6.45, 7) is 6.26. The van der Waals surface area contributed by atoms with Crippen LogP contribution in [-0.4, -0.2) is 60.8 Å². The molecule has 35 heavy (non-hydrogen) atoms. The van der Waals surface area contributed by atoms with E-state index in [0.717, 1.165) is 57.4 Å². The quantitative estimate of drug-likeness (QED) is 0.540. The summed E-state index contributed by atoms with van der Waals surface area (Å²) in [6, 6.07) is 13.5. The number of halogens is 1. The highest BCUT2D eigenvalue weighted by Crippen LogP contribution is 2.34. The number of hydrogen-bond donors (Lipinski definition) is 2. The minimum Gasteiger partial charge on any atom is -0.489 e. The van der Waals surface area contributed by atoms with Crippen molar-refractivity contribution in [2.75, 3.05) is 37.6 Å². The number of ether oxygens (including phenoxy) is 1. The number of hydrogen-bond acceptors (Lipinski definition) is 5. The summed E-state index contributed by atoms with van der Waals surface area (Å²) in [7, 11) is 0. The first-order valence-corrected chi connectivity index (χ1v) is 13.3. The fourth-order valence-electron chi connectivity index (χ4n) is 5.13. The van der Waals surface area contributed by atoms with E-state index in [1.165, 1.54) is 5.56 Å². The fourth-order valence-corrected chi connectivity index (χ4v) is 5.36. The van der Waals surface area contributed by atoms with Crippen molar-refractivity contribution in [3.63, 3.8) is 0 Å². The Morgan fingerprint density at radius 1 is 1.11 bits per heavy atom. The average Bonchev–Trinajstić information content (AvgIpc) is 3.30. The molecule has 3 aliphatic rings. The fraction of sp³-hybridized carbons (Fsp3) is 0.536. The molecule has 2 N–H and O–H groups in total. The van der Waals surface area contributed by atoms with Crippen LogP contribution in [0.25, 0.3) is 0 Å². The molecule has 3 atom stereocenters. The van der Waals surface area contributed by atoms with Gasteiger partial charge in [-0.3, -0.25) is 4.79 Å². The zero-order valence-corrected chi connectivity index (χ0v) is 21.2. The number of carbonyl (C=O) groups excluding carboxylic acids is 1. The third kappa shape index (κ3) is 6.11. The minimum absolute atomic E-state index is 0.0163. The van der Waals surface area contributed by atoms with Crippen LogP contribution in [0.15, 0.2) is 42.5 Å². The molecule has 3 fully saturated rings. The van der Waals surface area contributed by atoms with Crippen LogP contribution in [0.5, 0.6) is 5.75 Å². The monoisotopic (exact) mass is 497 g/mol. The highest BCUT2D eigenvalue weighted by atomic mass is 35.5. The Balaban J connectivity index is 1.26. The molecule has 2 heterocycles. The number of rotatable bonds is 9. The van der Waals surface area contributed by atoms with E-state index in [4.69, 9.17) is 16.3 Å². The molecule has 188 valence electrons. The van der Waals surface area contributed by atoms with Crippen LogP contribution in [-0.2, 0) is 4.79 Å². The maximum atomic E-state index is 13.3. The summed E-state index contributed by atoms with van der Waals surface area (Å²) in [5, 5.41) is 15.1. The smallest absolute Gasteiger partial charge is 0.225 e. The number of nitrogens with zero attached hydrogens (tertiary/aromatic N) is 2. The maximum absolute atomic E-state index is 13.3. The van der Waals surface area contributed by atoms with E-state index < -0.39 is 12.1 Å². The average molecular weight is 498 g/mol. The number of aryl methyl sites for hydroxylation is 1. The van der Waals surface area contributed by atoms with Gasteiger partial charge in [0.05, 0.1) is 23.1 Å². The molecular formula is C28H36ClN3O3. The van der Waals surface area contributed by atoms with E-state index >= 15 is 0 Å². The zero-order chi connectivity index (χ0) is 24.4. The van der Waals surface area contributed by atoms with E-state index in [-0.39, 0.29) is 17.9 Å². The number of aliphatic hydroxyl groups excluding tert-OH is 1. The molecule has 0 radical (unpaired) electrons. The highest BCUT2D eigenvalue weighted by Gasteiger charge is 2.33. The first-order chi connectivity index (χ1) is 17.0. The molecule has 0 bridgehead atoms. The minimum atomic E-state index is -0.846. The van der Waals surface area contributed by atoms with Crippen molar-refractivity contribution >= 4 is 23.2 Å². The van der Waals surface area contributed by atoms with E-state index in [1.54, 1.807) is 6.07 Å². The van der Waals surface area contributed by atoms with Gasteiger partial charge < -0.3 is 25.0 Å². The van der Waals surface area contributed by atoms with Crippen molar-refractivity contribution in [3.05, 3.63) is 58.6 Å². The Morgan fingerprint density at radius 2 is 1.86 bits per heavy atom. The number of nitrogens with one attached hydrogen (secondary N) is 1. The molecule has 2 aliphatic heterocycles. The largest absolute Gasteiger partial charge is 0.489 e. The van der Waals surface area contributed by atoms with E-state index in [0.29, 0.717) is 29.4 Å². The van der Waals surface area contributed by atoms with Gasteiger partial charge in [0.1, 0.15) is 11.9 Å². The summed E-state index contributed by atoms with van der Waals surface area (Å²) >= 11 is 6.47. The number of amides is 1. The predicted molar refractivity (Wildman–Crippen MR) is 139 cm³/mol. The van der Waals surface area contributed by atoms with Crippen LogP contribution in [0, 0.1) is 12.8 Å². The van der Waals surface area contributed by atoms with Crippen molar-refractivity contribution in [3.8, 4) is 5.75 Å². The molecule has 1 amide bonds. The van der Waals surface area contributed by atoms with Crippen molar-refractivity contribution < 1.29 is 14.6 Å². The molecule has 2 aromatic rings. The lowest BCUT2D eigenvalue weighted by molar-refractivity contribution is -0.126. The first-order valence-electron chi connectivity index (χ1n) is 12.9. The van der Waals surface area contributed by atoms with Gasteiger partial charge in [-0.2, -0.15) is 0 Å². The number of carbonyl (C=O) groups is 1. The van der Waals surface area contributed by atoms with Crippen LogP contribution < -0.4 is 15.0 Å². The van der Waals surface area contributed by atoms with Gasteiger partial charge in [0, 0.05) is 25.3 Å². The molecule has 0 spiro atoms. The number of anilines is 1. The van der Waals surface area contributed by atoms with Gasteiger partial charge in [-0.05, 0) is 81.9 Å². The number of likely N-dealkylation sites (tertiary alicyclic amines) is 1. The van der Waals surface area contributed by atoms with Crippen molar-refractivity contribution in [1.29, 1.82) is 0 Å². The summed E-state index contributed by atoms with van der Waals surface area (Å²) in [5.41, 5.74) is 3.09. The molecular weight excluding hydrogens is 462 g/mol. The van der Waals surface area contributed by atoms with E-state index in [1.807, 2.05) is 12.1 Å². The van der Waals surface area contributed by atoms with Gasteiger partial charge >= 0.3 is 0 Å². The molecule has 2 aromatic carbocycles. The highest BCUT2D eigenvalue weighted by molar-refractivity contribution is 6.32. The summed E-state index contributed by atoms with van der Waals surface area (Å²) in [5.74, 6) is 0.581. The lowest BCUT2D eigenvalue weighted by Gasteiger charge is -2.30. The van der Waals surface area contributed by atoms with Crippen LogP contribution in [0.3, 0.4) is 0 Å².